The predicted molar refractivity (Wildman–Crippen MR) is 83.6 cm³/mol. The van der Waals surface area contributed by atoms with Gasteiger partial charge in [-0.2, -0.15) is 0 Å². The van der Waals surface area contributed by atoms with Crippen molar-refractivity contribution in [3.63, 3.8) is 0 Å². The number of rotatable bonds is 6. The molecule has 0 spiro atoms. The minimum Gasteiger partial charge on any atom is -0.497 e. The lowest BCUT2D eigenvalue weighted by Crippen LogP contribution is -2.45. The summed E-state index contributed by atoms with van der Waals surface area (Å²) >= 11 is 0. The van der Waals surface area contributed by atoms with Crippen molar-refractivity contribution in [2.75, 3.05) is 21.3 Å². The van der Waals surface area contributed by atoms with Crippen LogP contribution in [0.15, 0.2) is 18.2 Å². The quantitative estimate of drug-likeness (QED) is 0.808. The third kappa shape index (κ3) is 4.13. The molecule has 0 unspecified atom stereocenters. The summed E-state index contributed by atoms with van der Waals surface area (Å²) in [5.41, 5.74) is 0.879. The Morgan fingerprint density at radius 1 is 1.17 bits per heavy atom. The van der Waals surface area contributed by atoms with Gasteiger partial charge < -0.3 is 19.5 Å². The van der Waals surface area contributed by atoms with Crippen molar-refractivity contribution in [1.29, 1.82) is 0 Å². The molecule has 0 aliphatic carbocycles. The van der Waals surface area contributed by atoms with Crippen LogP contribution < -0.4 is 14.8 Å². The topological polar surface area (TPSA) is 88.1 Å². The molecule has 2 rings (SSSR count). The van der Waals surface area contributed by atoms with Crippen LogP contribution in [0.1, 0.15) is 18.4 Å². The molecule has 0 saturated carbocycles. The number of carbonyl (C=O) groups excluding carboxylic acids is 1. The number of likely N-dealkylation sites (N-methyl/N-ethyl adjacent to an activating group) is 1. The first kappa shape index (κ1) is 17.1. The van der Waals surface area contributed by atoms with Crippen LogP contribution in [0.5, 0.6) is 11.5 Å². The van der Waals surface area contributed by atoms with Gasteiger partial charge in [-0.05, 0) is 30.5 Å². The molecule has 1 saturated heterocycles. The average molecular weight is 322 g/mol. The fourth-order valence-corrected chi connectivity index (χ4v) is 2.71. The zero-order chi connectivity index (χ0) is 17.0. The molecule has 7 heteroatoms. The Morgan fingerprint density at radius 3 is 2.22 bits per heavy atom. The number of hydrogen-bond donors (Lipinski definition) is 2. The summed E-state index contributed by atoms with van der Waals surface area (Å²) in [5, 5.41) is 11.8. The summed E-state index contributed by atoms with van der Waals surface area (Å²) in [6.07, 6.45) is 0.994. The summed E-state index contributed by atoms with van der Waals surface area (Å²) in [4.78, 5) is 25.0. The van der Waals surface area contributed by atoms with E-state index in [0.717, 1.165) is 5.56 Å². The van der Waals surface area contributed by atoms with Crippen molar-refractivity contribution in [2.45, 2.75) is 31.5 Å². The van der Waals surface area contributed by atoms with Crippen LogP contribution in [0.3, 0.4) is 0 Å². The average Bonchev–Trinajstić information content (AvgIpc) is 3.03. The van der Waals surface area contributed by atoms with Crippen LogP contribution in [0, 0.1) is 0 Å². The lowest BCUT2D eigenvalue weighted by atomic mass is 10.1. The monoisotopic (exact) mass is 322 g/mol. The van der Waals surface area contributed by atoms with Crippen molar-refractivity contribution < 1.29 is 24.2 Å². The first-order valence-electron chi connectivity index (χ1n) is 7.40. The molecule has 23 heavy (non-hydrogen) atoms. The minimum atomic E-state index is -0.916. The number of carbonyl (C=O) groups is 2. The van der Waals surface area contributed by atoms with Gasteiger partial charge >= 0.3 is 5.97 Å². The second kappa shape index (κ2) is 7.32. The molecule has 1 aliphatic rings. The van der Waals surface area contributed by atoms with E-state index in [-0.39, 0.29) is 5.91 Å². The predicted octanol–water partition coefficient (Wildman–Crippen LogP) is 0.867. The van der Waals surface area contributed by atoms with Gasteiger partial charge in [0.05, 0.1) is 20.3 Å². The van der Waals surface area contributed by atoms with Crippen LogP contribution in [-0.4, -0.2) is 55.2 Å². The number of benzene rings is 1. The zero-order valence-corrected chi connectivity index (χ0v) is 13.5. The highest BCUT2D eigenvalue weighted by Gasteiger charge is 2.34. The largest absolute Gasteiger partial charge is 0.497 e. The summed E-state index contributed by atoms with van der Waals surface area (Å²) in [6.45, 7) is 0.391. The highest BCUT2D eigenvalue weighted by Crippen LogP contribution is 2.24. The number of carboxylic acids is 1. The van der Waals surface area contributed by atoms with Crippen molar-refractivity contribution in [3.05, 3.63) is 23.8 Å². The van der Waals surface area contributed by atoms with E-state index in [1.165, 1.54) is 0 Å². The van der Waals surface area contributed by atoms with E-state index in [9.17, 15) is 9.59 Å². The normalized spacial score (nSPS) is 20.1. The Kier molecular flexibility index (Phi) is 5.44. The molecule has 0 radical (unpaired) electrons. The molecule has 0 bridgehead atoms. The van der Waals surface area contributed by atoms with E-state index in [0.29, 0.717) is 30.9 Å². The molecule has 1 aliphatic heterocycles. The van der Waals surface area contributed by atoms with E-state index >= 15 is 0 Å². The molecule has 0 aromatic heterocycles. The van der Waals surface area contributed by atoms with E-state index in [2.05, 4.69) is 5.32 Å². The maximum Gasteiger partial charge on any atom is 0.320 e. The number of hydrogen-bond acceptors (Lipinski definition) is 5. The molecule has 1 aromatic rings. The number of ether oxygens (including phenoxy) is 2. The SMILES string of the molecule is COc1cc(CN(C)C(=O)[C@H]2CC[C@@H](C(=O)O)N2)cc(OC)c1. The maximum absolute atomic E-state index is 12.4. The van der Waals surface area contributed by atoms with Gasteiger partial charge in [0.2, 0.25) is 5.91 Å². The number of amides is 1. The number of nitrogens with one attached hydrogen (secondary N) is 1. The Labute approximate surface area is 135 Å². The van der Waals surface area contributed by atoms with Gasteiger partial charge in [0, 0.05) is 19.7 Å². The Bertz CT molecular complexity index is 568. The summed E-state index contributed by atoms with van der Waals surface area (Å²) < 4.78 is 10.4. The van der Waals surface area contributed by atoms with Crippen LogP contribution in [-0.2, 0) is 16.1 Å². The molecule has 1 amide bonds. The van der Waals surface area contributed by atoms with Crippen LogP contribution >= 0.6 is 0 Å². The standard InChI is InChI=1S/C16H22N2O5/c1-18(15(19)13-4-5-14(17-13)16(20)21)9-10-6-11(22-2)8-12(7-10)23-3/h6-8,13-14,17H,4-5,9H2,1-3H3,(H,20,21)/t13-,14+/m1/s1. The molecular weight excluding hydrogens is 300 g/mol. The van der Waals surface area contributed by atoms with E-state index in [4.69, 9.17) is 14.6 Å². The van der Waals surface area contributed by atoms with Crippen molar-refractivity contribution in [2.24, 2.45) is 0 Å². The van der Waals surface area contributed by atoms with Crippen LogP contribution in [0.25, 0.3) is 0 Å². The fourth-order valence-electron chi connectivity index (χ4n) is 2.71. The maximum atomic E-state index is 12.4. The molecule has 2 N–H and O–H groups in total. The molecule has 7 nitrogen and oxygen atoms in total. The highest BCUT2D eigenvalue weighted by molar-refractivity contribution is 5.84. The lowest BCUT2D eigenvalue weighted by Gasteiger charge is -2.22. The molecule has 1 fully saturated rings. The summed E-state index contributed by atoms with van der Waals surface area (Å²) in [7, 11) is 4.84. The molecular formula is C16H22N2O5. The van der Waals surface area contributed by atoms with Gasteiger partial charge in [-0.1, -0.05) is 0 Å². The molecule has 1 heterocycles. The number of aliphatic carboxylic acids is 1. The van der Waals surface area contributed by atoms with Gasteiger partial charge in [0.25, 0.3) is 0 Å². The van der Waals surface area contributed by atoms with Crippen molar-refractivity contribution in [3.8, 4) is 11.5 Å². The highest BCUT2D eigenvalue weighted by atomic mass is 16.5. The molecule has 2 atom stereocenters. The van der Waals surface area contributed by atoms with Gasteiger partial charge in [0.15, 0.2) is 0 Å². The third-order valence-corrected chi connectivity index (χ3v) is 3.95. The van der Waals surface area contributed by atoms with Gasteiger partial charge in [0.1, 0.15) is 17.5 Å². The van der Waals surface area contributed by atoms with Crippen LogP contribution in [0.2, 0.25) is 0 Å². The van der Waals surface area contributed by atoms with Crippen molar-refractivity contribution >= 4 is 11.9 Å². The second-order valence-corrected chi connectivity index (χ2v) is 5.60. The van der Waals surface area contributed by atoms with Crippen LogP contribution in [0.4, 0.5) is 0 Å². The van der Waals surface area contributed by atoms with Gasteiger partial charge in [-0.15, -0.1) is 0 Å². The summed E-state index contributed by atoms with van der Waals surface area (Å²) in [5.74, 6) is 0.284. The first-order valence-corrected chi connectivity index (χ1v) is 7.40. The summed E-state index contributed by atoms with van der Waals surface area (Å²) in [6, 6.07) is 4.35. The fraction of sp³-hybridized carbons (Fsp3) is 0.500. The van der Waals surface area contributed by atoms with E-state index in [1.54, 1.807) is 32.2 Å². The minimum absolute atomic E-state index is 0.115. The van der Waals surface area contributed by atoms with E-state index in [1.807, 2.05) is 12.1 Å². The smallest absolute Gasteiger partial charge is 0.320 e. The third-order valence-electron chi connectivity index (χ3n) is 3.95. The Morgan fingerprint density at radius 2 is 1.74 bits per heavy atom. The zero-order valence-electron chi connectivity index (χ0n) is 13.5. The Hall–Kier alpha value is -2.28. The Balaban J connectivity index is 2.02. The number of carboxylic acid groups (broad SMARTS) is 1. The van der Waals surface area contributed by atoms with Crippen molar-refractivity contribution in [1.82, 2.24) is 10.2 Å². The van der Waals surface area contributed by atoms with Gasteiger partial charge in [-0.25, -0.2) is 0 Å². The number of nitrogens with zero attached hydrogens (tertiary/aromatic N) is 1. The molecule has 126 valence electrons. The molecule has 1 aromatic carbocycles. The van der Waals surface area contributed by atoms with Gasteiger partial charge in [-0.3, -0.25) is 14.9 Å². The first-order chi connectivity index (χ1) is 10.9. The second-order valence-electron chi connectivity index (χ2n) is 5.60. The lowest BCUT2D eigenvalue weighted by molar-refractivity contribution is -0.139. The van der Waals surface area contributed by atoms with E-state index < -0.39 is 18.1 Å². The number of methoxy groups -OCH3 is 2.